The van der Waals surface area contributed by atoms with Crippen LogP contribution in [0, 0.1) is 0 Å². The molecule has 0 fully saturated rings. The molecule has 0 amide bonds. The molecule has 2 heteroatoms. The zero-order valence-corrected chi connectivity index (χ0v) is 7.74. The summed E-state index contributed by atoms with van der Waals surface area (Å²) in [5.41, 5.74) is 1.56. The average molecular weight is 167 g/mol. The van der Waals surface area contributed by atoms with Gasteiger partial charge in [-0.15, -0.1) is 11.3 Å². The fourth-order valence-corrected chi connectivity index (χ4v) is 2.70. The van der Waals surface area contributed by atoms with Crippen LogP contribution in [-0.4, -0.2) is 6.54 Å². The molecule has 0 radical (unpaired) electrons. The molecule has 1 aromatic heterocycles. The van der Waals surface area contributed by atoms with Gasteiger partial charge in [0.1, 0.15) is 0 Å². The van der Waals surface area contributed by atoms with Crippen LogP contribution in [0.25, 0.3) is 0 Å². The number of fused-ring (bicyclic) bond motifs is 1. The molecule has 2 unspecified atom stereocenters. The molecule has 2 heterocycles. The maximum atomic E-state index is 3.48. The van der Waals surface area contributed by atoms with Crippen LogP contribution in [0.4, 0.5) is 0 Å². The van der Waals surface area contributed by atoms with Crippen LogP contribution < -0.4 is 5.32 Å². The molecule has 1 N–H and O–H groups in total. The van der Waals surface area contributed by atoms with Crippen molar-refractivity contribution in [1.29, 1.82) is 0 Å². The van der Waals surface area contributed by atoms with E-state index in [9.17, 15) is 0 Å². The Balaban J connectivity index is 2.43. The third kappa shape index (κ3) is 1.10. The van der Waals surface area contributed by atoms with E-state index >= 15 is 0 Å². The zero-order chi connectivity index (χ0) is 7.84. The Morgan fingerprint density at radius 3 is 3.09 bits per heavy atom. The molecule has 1 aromatic rings. The maximum Gasteiger partial charge on any atom is 0.0389 e. The van der Waals surface area contributed by atoms with Gasteiger partial charge in [-0.05, 0) is 29.9 Å². The van der Waals surface area contributed by atoms with Crippen LogP contribution in [0.1, 0.15) is 36.2 Å². The van der Waals surface area contributed by atoms with Gasteiger partial charge in [0.05, 0.1) is 0 Å². The van der Waals surface area contributed by atoms with Crippen molar-refractivity contribution in [2.75, 3.05) is 6.54 Å². The van der Waals surface area contributed by atoms with Crippen LogP contribution in [0.5, 0.6) is 0 Å². The fourth-order valence-electron chi connectivity index (χ4n) is 1.65. The third-order valence-electron chi connectivity index (χ3n) is 2.38. The monoisotopic (exact) mass is 167 g/mol. The summed E-state index contributed by atoms with van der Waals surface area (Å²) in [5.74, 6) is 0.701. The summed E-state index contributed by atoms with van der Waals surface area (Å²) in [6.07, 6.45) is 0. The van der Waals surface area contributed by atoms with Crippen molar-refractivity contribution in [3.63, 3.8) is 0 Å². The predicted molar refractivity (Wildman–Crippen MR) is 49.2 cm³/mol. The van der Waals surface area contributed by atoms with Crippen molar-refractivity contribution < 1.29 is 0 Å². The number of nitrogens with one attached hydrogen (secondary N) is 1. The Bertz CT molecular complexity index is 229. The number of rotatable bonds is 0. The lowest BCUT2D eigenvalue weighted by molar-refractivity contribution is 0.504. The first kappa shape index (κ1) is 7.32. The molecule has 1 aliphatic heterocycles. The van der Waals surface area contributed by atoms with Gasteiger partial charge in [-0.2, -0.15) is 0 Å². The largest absolute Gasteiger partial charge is 0.309 e. The second-order valence-electron chi connectivity index (χ2n) is 3.27. The molecule has 0 saturated carbocycles. The SMILES string of the molecule is CC1CNC(C)c2sccc21. The zero-order valence-electron chi connectivity index (χ0n) is 6.92. The lowest BCUT2D eigenvalue weighted by atomic mass is 9.95. The van der Waals surface area contributed by atoms with Crippen molar-refractivity contribution in [3.8, 4) is 0 Å². The van der Waals surface area contributed by atoms with Gasteiger partial charge >= 0.3 is 0 Å². The first-order chi connectivity index (χ1) is 5.29. The molecular weight excluding hydrogens is 154 g/mol. The summed E-state index contributed by atoms with van der Waals surface area (Å²) in [4.78, 5) is 1.53. The highest BCUT2D eigenvalue weighted by Crippen LogP contribution is 2.33. The normalized spacial score (nSPS) is 30.0. The Labute approximate surface area is 71.4 Å². The Kier molecular flexibility index (Phi) is 1.74. The van der Waals surface area contributed by atoms with E-state index in [2.05, 4.69) is 30.6 Å². The van der Waals surface area contributed by atoms with Crippen LogP contribution in [0.15, 0.2) is 11.4 Å². The summed E-state index contributed by atoms with van der Waals surface area (Å²) >= 11 is 1.87. The lowest BCUT2D eigenvalue weighted by Gasteiger charge is -2.25. The topological polar surface area (TPSA) is 12.0 Å². The Morgan fingerprint density at radius 1 is 1.55 bits per heavy atom. The standard InChI is InChI=1S/C9H13NS/c1-6-5-10-7(2)9-8(6)3-4-11-9/h3-4,6-7,10H,5H2,1-2H3. The van der Waals surface area contributed by atoms with Crippen LogP contribution >= 0.6 is 11.3 Å². The summed E-state index contributed by atoms with van der Waals surface area (Å²) in [5, 5.41) is 5.68. The molecule has 0 bridgehead atoms. The summed E-state index contributed by atoms with van der Waals surface area (Å²) < 4.78 is 0. The van der Waals surface area contributed by atoms with Gasteiger partial charge in [0, 0.05) is 17.5 Å². The molecule has 0 aliphatic carbocycles. The van der Waals surface area contributed by atoms with Crippen molar-refractivity contribution in [2.45, 2.75) is 25.8 Å². The minimum absolute atomic E-state index is 0.571. The molecule has 0 saturated heterocycles. The first-order valence-electron chi connectivity index (χ1n) is 4.09. The van der Waals surface area contributed by atoms with E-state index in [-0.39, 0.29) is 0 Å². The van der Waals surface area contributed by atoms with E-state index in [1.165, 1.54) is 4.88 Å². The molecule has 2 atom stereocenters. The molecular formula is C9H13NS. The molecule has 1 aliphatic rings. The van der Waals surface area contributed by atoms with E-state index in [4.69, 9.17) is 0 Å². The summed E-state index contributed by atoms with van der Waals surface area (Å²) in [7, 11) is 0. The summed E-state index contributed by atoms with van der Waals surface area (Å²) in [6, 6.07) is 2.84. The number of hydrogen-bond acceptors (Lipinski definition) is 2. The van der Waals surface area contributed by atoms with Gasteiger partial charge in [-0.1, -0.05) is 6.92 Å². The van der Waals surface area contributed by atoms with Gasteiger partial charge in [-0.25, -0.2) is 0 Å². The quantitative estimate of drug-likeness (QED) is 0.626. The van der Waals surface area contributed by atoms with Crippen molar-refractivity contribution in [3.05, 3.63) is 21.9 Å². The Hall–Kier alpha value is -0.340. The van der Waals surface area contributed by atoms with E-state index < -0.39 is 0 Å². The molecule has 60 valence electrons. The third-order valence-corrected chi connectivity index (χ3v) is 3.50. The summed E-state index contributed by atoms with van der Waals surface area (Å²) in [6.45, 7) is 5.65. The van der Waals surface area contributed by atoms with Crippen LogP contribution in [0.2, 0.25) is 0 Å². The maximum absolute atomic E-state index is 3.48. The van der Waals surface area contributed by atoms with Gasteiger partial charge in [-0.3, -0.25) is 0 Å². The number of hydrogen-bond donors (Lipinski definition) is 1. The van der Waals surface area contributed by atoms with E-state index in [1.807, 2.05) is 11.3 Å². The first-order valence-corrected chi connectivity index (χ1v) is 4.97. The predicted octanol–water partition coefficient (Wildman–Crippen LogP) is 2.52. The van der Waals surface area contributed by atoms with Gasteiger partial charge in [0.15, 0.2) is 0 Å². The second kappa shape index (κ2) is 2.61. The fraction of sp³-hybridized carbons (Fsp3) is 0.556. The smallest absolute Gasteiger partial charge is 0.0389 e. The molecule has 2 rings (SSSR count). The molecule has 1 nitrogen and oxygen atoms in total. The van der Waals surface area contributed by atoms with Crippen molar-refractivity contribution in [2.24, 2.45) is 0 Å². The highest BCUT2D eigenvalue weighted by atomic mass is 32.1. The highest BCUT2D eigenvalue weighted by molar-refractivity contribution is 7.10. The molecule has 11 heavy (non-hydrogen) atoms. The second-order valence-corrected chi connectivity index (χ2v) is 4.22. The molecule has 0 spiro atoms. The van der Waals surface area contributed by atoms with Gasteiger partial charge in [0.2, 0.25) is 0 Å². The van der Waals surface area contributed by atoms with E-state index in [1.54, 1.807) is 5.56 Å². The van der Waals surface area contributed by atoms with Gasteiger partial charge in [0.25, 0.3) is 0 Å². The van der Waals surface area contributed by atoms with Crippen molar-refractivity contribution in [1.82, 2.24) is 5.32 Å². The van der Waals surface area contributed by atoms with E-state index in [0.717, 1.165) is 6.54 Å². The highest BCUT2D eigenvalue weighted by Gasteiger charge is 2.21. The minimum Gasteiger partial charge on any atom is -0.309 e. The average Bonchev–Trinajstić information content (AvgIpc) is 2.45. The number of thiophene rings is 1. The van der Waals surface area contributed by atoms with Gasteiger partial charge < -0.3 is 5.32 Å². The lowest BCUT2D eigenvalue weighted by Crippen LogP contribution is -2.28. The van der Waals surface area contributed by atoms with Crippen molar-refractivity contribution >= 4 is 11.3 Å². The van der Waals surface area contributed by atoms with E-state index in [0.29, 0.717) is 12.0 Å². The van der Waals surface area contributed by atoms with Crippen LogP contribution in [-0.2, 0) is 0 Å². The minimum atomic E-state index is 0.571. The van der Waals surface area contributed by atoms with Crippen LogP contribution in [0.3, 0.4) is 0 Å². The molecule has 0 aromatic carbocycles. The Morgan fingerprint density at radius 2 is 2.36 bits per heavy atom.